The molecule has 1 N–H and O–H groups in total. The van der Waals surface area contributed by atoms with E-state index in [9.17, 15) is 14.7 Å². The first-order valence-corrected chi connectivity index (χ1v) is 8.02. The maximum atomic E-state index is 12.7. The number of carbonyl (C=O) groups excluding carboxylic acids is 1. The van der Waals surface area contributed by atoms with E-state index in [2.05, 4.69) is 4.98 Å². The van der Waals surface area contributed by atoms with Gasteiger partial charge in [0.05, 0.1) is 6.42 Å². The largest absolute Gasteiger partial charge is 0.480 e. The third-order valence-corrected chi connectivity index (χ3v) is 4.99. The first-order valence-electron chi connectivity index (χ1n) is 8.02. The predicted molar refractivity (Wildman–Crippen MR) is 81.3 cm³/mol. The number of hydrogen-bond donors (Lipinski definition) is 1. The van der Waals surface area contributed by atoms with Crippen LogP contribution in [0, 0.1) is 12.8 Å². The summed E-state index contributed by atoms with van der Waals surface area (Å²) < 4.78 is 0. The van der Waals surface area contributed by atoms with Crippen LogP contribution in [0.4, 0.5) is 0 Å². The summed E-state index contributed by atoms with van der Waals surface area (Å²) in [5.41, 5.74) is 1.76. The van der Waals surface area contributed by atoms with Gasteiger partial charge in [0.25, 0.3) is 0 Å². The van der Waals surface area contributed by atoms with Crippen LogP contribution in [0.15, 0.2) is 18.3 Å². The summed E-state index contributed by atoms with van der Waals surface area (Å²) >= 11 is 0. The Hall–Kier alpha value is -1.91. The van der Waals surface area contributed by atoms with Gasteiger partial charge in [0.15, 0.2) is 0 Å². The lowest BCUT2D eigenvalue weighted by molar-refractivity contribution is -0.149. The number of aryl methyl sites for hydroxylation is 1. The smallest absolute Gasteiger partial charge is 0.326 e. The molecule has 2 fully saturated rings. The van der Waals surface area contributed by atoms with Gasteiger partial charge in [0.2, 0.25) is 5.91 Å². The van der Waals surface area contributed by atoms with Crippen LogP contribution in [-0.4, -0.2) is 39.0 Å². The Morgan fingerprint density at radius 3 is 2.77 bits per heavy atom. The van der Waals surface area contributed by atoms with Crippen LogP contribution in [0.2, 0.25) is 0 Å². The quantitative estimate of drug-likeness (QED) is 0.929. The first-order chi connectivity index (χ1) is 10.6. The van der Waals surface area contributed by atoms with Crippen LogP contribution in [0.25, 0.3) is 0 Å². The van der Waals surface area contributed by atoms with Crippen molar-refractivity contribution in [2.45, 2.75) is 57.5 Å². The maximum absolute atomic E-state index is 12.7. The second-order valence-corrected chi connectivity index (χ2v) is 6.49. The molecule has 0 aromatic carbocycles. The van der Waals surface area contributed by atoms with E-state index in [1.54, 1.807) is 11.1 Å². The molecule has 3 atom stereocenters. The molecule has 1 aliphatic carbocycles. The minimum absolute atomic E-state index is 0.0764. The molecular weight excluding hydrogens is 280 g/mol. The average Bonchev–Trinajstić information content (AvgIpc) is 2.89. The molecule has 5 heteroatoms. The Balaban J connectivity index is 1.78. The molecule has 1 aliphatic heterocycles. The Kier molecular flexibility index (Phi) is 4.14. The van der Waals surface area contributed by atoms with E-state index in [0.29, 0.717) is 12.3 Å². The molecule has 0 bridgehead atoms. The van der Waals surface area contributed by atoms with Crippen molar-refractivity contribution in [1.82, 2.24) is 9.88 Å². The molecular formula is C17H22N2O3. The number of amides is 1. The van der Waals surface area contributed by atoms with E-state index in [1.165, 1.54) is 0 Å². The van der Waals surface area contributed by atoms with Gasteiger partial charge in [-0.15, -0.1) is 0 Å². The molecule has 0 spiro atoms. The van der Waals surface area contributed by atoms with Gasteiger partial charge in [0.1, 0.15) is 6.04 Å². The number of fused-ring (bicyclic) bond motifs is 1. The lowest BCUT2D eigenvalue weighted by atomic mass is 9.84. The molecule has 1 aromatic heterocycles. The molecule has 5 nitrogen and oxygen atoms in total. The highest BCUT2D eigenvalue weighted by Gasteiger charge is 2.47. The summed E-state index contributed by atoms with van der Waals surface area (Å²) in [6.45, 7) is 1.90. The molecule has 1 saturated carbocycles. The highest BCUT2D eigenvalue weighted by Crippen LogP contribution is 2.40. The van der Waals surface area contributed by atoms with Gasteiger partial charge < -0.3 is 10.0 Å². The molecule has 0 radical (unpaired) electrons. The third kappa shape index (κ3) is 2.85. The zero-order valence-electron chi connectivity index (χ0n) is 12.9. The van der Waals surface area contributed by atoms with Crippen LogP contribution in [0.5, 0.6) is 0 Å². The summed E-state index contributed by atoms with van der Waals surface area (Å²) in [4.78, 5) is 30.1. The fraction of sp³-hybridized carbons (Fsp3) is 0.588. The van der Waals surface area contributed by atoms with Gasteiger partial charge >= 0.3 is 5.97 Å². The molecule has 1 amide bonds. The van der Waals surface area contributed by atoms with Gasteiger partial charge in [-0.25, -0.2) is 4.79 Å². The van der Waals surface area contributed by atoms with Crippen LogP contribution >= 0.6 is 0 Å². The minimum atomic E-state index is -0.871. The molecule has 3 rings (SSSR count). The molecule has 1 saturated heterocycles. The molecule has 2 aliphatic rings. The average molecular weight is 302 g/mol. The fourth-order valence-corrected chi connectivity index (χ4v) is 3.91. The van der Waals surface area contributed by atoms with Crippen molar-refractivity contribution in [1.29, 1.82) is 0 Å². The van der Waals surface area contributed by atoms with Crippen molar-refractivity contribution in [3.63, 3.8) is 0 Å². The number of pyridine rings is 1. The summed E-state index contributed by atoms with van der Waals surface area (Å²) in [5.74, 6) is -0.591. The number of aliphatic carboxylic acids is 1. The number of carboxylic acids is 1. The van der Waals surface area contributed by atoms with Gasteiger partial charge in [-0.2, -0.15) is 0 Å². The van der Waals surface area contributed by atoms with Crippen molar-refractivity contribution in [2.24, 2.45) is 5.92 Å². The van der Waals surface area contributed by atoms with E-state index in [4.69, 9.17) is 0 Å². The minimum Gasteiger partial charge on any atom is -0.480 e. The third-order valence-electron chi connectivity index (χ3n) is 4.99. The van der Waals surface area contributed by atoms with E-state index < -0.39 is 12.0 Å². The second-order valence-electron chi connectivity index (χ2n) is 6.49. The first kappa shape index (κ1) is 15.0. The van der Waals surface area contributed by atoms with Crippen molar-refractivity contribution < 1.29 is 14.7 Å². The van der Waals surface area contributed by atoms with Gasteiger partial charge in [-0.3, -0.25) is 9.78 Å². The van der Waals surface area contributed by atoms with E-state index >= 15 is 0 Å². The van der Waals surface area contributed by atoms with E-state index in [0.717, 1.165) is 36.9 Å². The number of carboxylic acid groups (broad SMARTS) is 1. The number of carbonyl (C=O) groups is 2. The van der Waals surface area contributed by atoms with Crippen molar-refractivity contribution >= 4 is 11.9 Å². The summed E-state index contributed by atoms with van der Waals surface area (Å²) in [5, 5.41) is 9.48. The lowest BCUT2D eigenvalue weighted by Crippen LogP contribution is -2.46. The van der Waals surface area contributed by atoms with Crippen LogP contribution in [-0.2, 0) is 16.0 Å². The Morgan fingerprint density at radius 1 is 1.32 bits per heavy atom. The zero-order chi connectivity index (χ0) is 15.7. The van der Waals surface area contributed by atoms with Gasteiger partial charge in [0, 0.05) is 17.9 Å². The van der Waals surface area contributed by atoms with Crippen LogP contribution in [0.3, 0.4) is 0 Å². The van der Waals surface area contributed by atoms with E-state index in [1.807, 2.05) is 19.1 Å². The van der Waals surface area contributed by atoms with Crippen LogP contribution < -0.4 is 0 Å². The topological polar surface area (TPSA) is 70.5 Å². The normalized spacial score (nSPS) is 27.5. The molecule has 2 heterocycles. The Bertz CT molecular complexity index is 570. The molecule has 118 valence electrons. The highest BCUT2D eigenvalue weighted by molar-refractivity contribution is 5.86. The highest BCUT2D eigenvalue weighted by atomic mass is 16.4. The summed E-state index contributed by atoms with van der Waals surface area (Å²) in [7, 11) is 0. The number of likely N-dealkylation sites (tertiary alicyclic amines) is 1. The van der Waals surface area contributed by atoms with E-state index in [-0.39, 0.29) is 18.4 Å². The Labute approximate surface area is 130 Å². The lowest BCUT2D eigenvalue weighted by Gasteiger charge is -2.33. The summed E-state index contributed by atoms with van der Waals surface area (Å²) in [6, 6.07) is 3.23. The van der Waals surface area contributed by atoms with Crippen LogP contribution in [0.1, 0.15) is 43.4 Å². The molecule has 22 heavy (non-hydrogen) atoms. The summed E-state index contributed by atoms with van der Waals surface area (Å²) in [6.07, 6.45) is 6.77. The zero-order valence-corrected chi connectivity index (χ0v) is 12.9. The number of aromatic nitrogens is 1. The van der Waals surface area contributed by atoms with Crippen molar-refractivity contribution in [3.8, 4) is 0 Å². The molecule has 0 unspecified atom stereocenters. The maximum Gasteiger partial charge on any atom is 0.326 e. The fourth-order valence-electron chi connectivity index (χ4n) is 3.91. The van der Waals surface area contributed by atoms with Gasteiger partial charge in [-0.05, 0) is 43.7 Å². The molecule has 1 aromatic rings. The Morgan fingerprint density at radius 2 is 2.09 bits per heavy atom. The number of nitrogens with zero attached hydrogens (tertiary/aromatic N) is 2. The number of rotatable bonds is 3. The standard InChI is InChI=1S/C17H22N2O3/c1-11-6-7-12(10-18-11)8-16(20)19-14-5-3-2-4-13(14)9-15(19)17(21)22/h6-7,10,13-15H,2-5,8-9H2,1H3,(H,21,22)/t13-,14-,15-/m0/s1. The number of hydrogen-bond acceptors (Lipinski definition) is 3. The second kappa shape index (κ2) is 6.07. The van der Waals surface area contributed by atoms with Crippen molar-refractivity contribution in [3.05, 3.63) is 29.6 Å². The predicted octanol–water partition coefficient (Wildman–Crippen LogP) is 2.18. The monoisotopic (exact) mass is 302 g/mol. The SMILES string of the molecule is Cc1ccc(CC(=O)N2[C@H](C(=O)O)C[C@@H]3CCCC[C@@H]32)cn1. The van der Waals surface area contributed by atoms with Crippen molar-refractivity contribution in [2.75, 3.05) is 0 Å². The van der Waals surface area contributed by atoms with Gasteiger partial charge in [-0.1, -0.05) is 18.9 Å².